The Bertz CT molecular complexity index is 732. The highest BCUT2D eigenvalue weighted by atomic mass is 19.1. The maximum Gasteiger partial charge on any atom is 0.287 e. The number of carbonyl (C=O) groups is 2. The summed E-state index contributed by atoms with van der Waals surface area (Å²) in [6.45, 7) is 3.95. The topological polar surface area (TPSA) is 62.6 Å². The Morgan fingerprint density at radius 2 is 1.65 bits per heavy atom. The summed E-state index contributed by atoms with van der Waals surface area (Å²) in [6.07, 6.45) is 0. The van der Waals surface area contributed by atoms with Gasteiger partial charge in [-0.2, -0.15) is 0 Å². The number of rotatable bonds is 7. The summed E-state index contributed by atoms with van der Waals surface area (Å²) in [6, 6.07) is 14.4. The quantitative estimate of drug-likeness (QED) is 0.703. The number of hydrogen-bond acceptors (Lipinski definition) is 2. The van der Waals surface area contributed by atoms with Crippen molar-refractivity contribution in [1.29, 1.82) is 0 Å². The molecule has 0 aliphatic rings. The Morgan fingerprint density at radius 1 is 1.04 bits per heavy atom. The van der Waals surface area contributed by atoms with E-state index in [1.807, 2.05) is 51.2 Å². The first-order valence-electron chi connectivity index (χ1n) is 8.60. The fourth-order valence-corrected chi connectivity index (χ4v) is 2.78. The zero-order valence-corrected chi connectivity index (χ0v) is 15.3. The first-order chi connectivity index (χ1) is 12.4. The molecule has 2 rings (SSSR count). The Morgan fingerprint density at radius 3 is 2.23 bits per heavy atom. The minimum atomic E-state index is -0.570. The van der Waals surface area contributed by atoms with Crippen LogP contribution in [-0.4, -0.2) is 31.4 Å². The lowest BCUT2D eigenvalue weighted by Crippen LogP contribution is -3.11. The number of hydrogen-bond donors (Lipinski definition) is 3. The van der Waals surface area contributed by atoms with Crippen molar-refractivity contribution >= 4 is 17.5 Å². The molecule has 0 spiro atoms. The molecule has 0 bridgehead atoms. The van der Waals surface area contributed by atoms with E-state index in [-0.39, 0.29) is 30.2 Å². The van der Waals surface area contributed by atoms with Crippen LogP contribution in [0.5, 0.6) is 0 Å². The zero-order chi connectivity index (χ0) is 19.1. The molecule has 0 aliphatic heterocycles. The lowest BCUT2D eigenvalue weighted by atomic mass is 10.0. The normalized spacial score (nSPS) is 13.1. The Hall–Kier alpha value is -2.73. The van der Waals surface area contributed by atoms with Crippen LogP contribution in [0.2, 0.25) is 0 Å². The van der Waals surface area contributed by atoms with Crippen LogP contribution in [0.3, 0.4) is 0 Å². The molecular formula is C20H25FN3O2+. The van der Waals surface area contributed by atoms with Crippen LogP contribution < -0.4 is 15.5 Å². The monoisotopic (exact) mass is 358 g/mol. The minimum Gasteiger partial charge on any atom is -0.349 e. The van der Waals surface area contributed by atoms with E-state index in [1.165, 1.54) is 24.3 Å². The number of quaternary nitrogens is 1. The Kier molecular flexibility index (Phi) is 6.86. The van der Waals surface area contributed by atoms with Crippen molar-refractivity contribution in [2.75, 3.05) is 18.9 Å². The summed E-state index contributed by atoms with van der Waals surface area (Å²) >= 11 is 0. The lowest BCUT2D eigenvalue weighted by molar-refractivity contribution is -0.894. The van der Waals surface area contributed by atoms with Crippen molar-refractivity contribution in [3.8, 4) is 0 Å². The number of likely N-dealkylation sites (N-methyl/N-ethyl adjacent to an activating group) is 1. The third-order valence-electron chi connectivity index (χ3n) is 3.89. The van der Waals surface area contributed by atoms with E-state index >= 15 is 0 Å². The van der Waals surface area contributed by atoms with Crippen molar-refractivity contribution in [3.63, 3.8) is 0 Å². The van der Waals surface area contributed by atoms with Crippen LogP contribution in [0.1, 0.15) is 25.5 Å². The van der Waals surface area contributed by atoms with Crippen molar-refractivity contribution in [3.05, 3.63) is 66.0 Å². The van der Waals surface area contributed by atoms with Gasteiger partial charge in [0.15, 0.2) is 12.6 Å². The van der Waals surface area contributed by atoms with E-state index in [0.29, 0.717) is 5.69 Å². The third-order valence-corrected chi connectivity index (χ3v) is 3.89. The molecule has 0 saturated heterocycles. The fourth-order valence-electron chi connectivity index (χ4n) is 2.78. The summed E-state index contributed by atoms with van der Waals surface area (Å²) in [7, 11) is 1.81. The van der Waals surface area contributed by atoms with E-state index in [1.54, 1.807) is 0 Å². The minimum absolute atomic E-state index is 0.0403. The van der Waals surface area contributed by atoms with E-state index in [0.717, 1.165) is 10.5 Å². The summed E-state index contributed by atoms with van der Waals surface area (Å²) in [5.74, 6) is -0.735. The highest BCUT2D eigenvalue weighted by molar-refractivity contribution is 5.94. The van der Waals surface area contributed by atoms with E-state index in [9.17, 15) is 14.0 Å². The predicted octanol–water partition coefficient (Wildman–Crippen LogP) is 1.54. The highest BCUT2D eigenvalue weighted by Crippen LogP contribution is 2.14. The molecule has 26 heavy (non-hydrogen) atoms. The first kappa shape index (κ1) is 19.6. The molecule has 6 heteroatoms. The van der Waals surface area contributed by atoms with Gasteiger partial charge in [0.1, 0.15) is 5.82 Å². The number of anilines is 1. The van der Waals surface area contributed by atoms with Gasteiger partial charge in [-0.15, -0.1) is 0 Å². The van der Waals surface area contributed by atoms with Crippen LogP contribution >= 0.6 is 0 Å². The van der Waals surface area contributed by atoms with Gasteiger partial charge >= 0.3 is 0 Å². The molecule has 3 N–H and O–H groups in total. The van der Waals surface area contributed by atoms with Gasteiger partial charge in [0.05, 0.1) is 7.05 Å². The highest BCUT2D eigenvalue weighted by Gasteiger charge is 2.30. The molecule has 2 amide bonds. The molecular weight excluding hydrogens is 333 g/mol. The molecule has 2 atom stereocenters. The smallest absolute Gasteiger partial charge is 0.287 e. The van der Waals surface area contributed by atoms with Gasteiger partial charge < -0.3 is 15.5 Å². The van der Waals surface area contributed by atoms with Gasteiger partial charge in [0.2, 0.25) is 0 Å². The number of halogens is 1. The molecule has 1 unspecified atom stereocenters. The molecule has 0 saturated carbocycles. The van der Waals surface area contributed by atoms with Crippen LogP contribution in [0, 0.1) is 5.82 Å². The average molecular weight is 358 g/mol. The van der Waals surface area contributed by atoms with Crippen LogP contribution in [0.15, 0.2) is 54.6 Å². The van der Waals surface area contributed by atoms with Gasteiger partial charge in [-0.1, -0.05) is 30.3 Å². The van der Waals surface area contributed by atoms with E-state index in [2.05, 4.69) is 10.6 Å². The Labute approximate surface area is 153 Å². The van der Waals surface area contributed by atoms with Gasteiger partial charge in [-0.3, -0.25) is 9.59 Å². The number of nitrogens with one attached hydrogen (secondary N) is 3. The largest absolute Gasteiger partial charge is 0.349 e. The lowest BCUT2D eigenvalue weighted by Gasteiger charge is -2.24. The predicted molar refractivity (Wildman–Crippen MR) is 99.2 cm³/mol. The molecule has 5 nitrogen and oxygen atoms in total. The average Bonchev–Trinajstić information content (AvgIpc) is 2.57. The van der Waals surface area contributed by atoms with Crippen molar-refractivity contribution < 1.29 is 18.9 Å². The van der Waals surface area contributed by atoms with Crippen LogP contribution in [0.25, 0.3) is 0 Å². The second-order valence-electron chi connectivity index (χ2n) is 6.59. The van der Waals surface area contributed by atoms with Crippen molar-refractivity contribution in [1.82, 2.24) is 5.32 Å². The molecule has 0 fully saturated rings. The van der Waals surface area contributed by atoms with Crippen molar-refractivity contribution in [2.45, 2.75) is 25.9 Å². The summed E-state index contributed by atoms with van der Waals surface area (Å²) < 4.78 is 13.1. The number of amides is 2. The Balaban J connectivity index is 2.19. The van der Waals surface area contributed by atoms with Gasteiger partial charge in [-0.25, -0.2) is 4.39 Å². The van der Waals surface area contributed by atoms with Gasteiger partial charge in [0, 0.05) is 17.3 Å². The SMILES string of the molecule is CC(C)NC(=O)C[NH+](C)[C@H](C(=O)Nc1ccc(F)cc1)c1ccccc1. The third kappa shape index (κ3) is 5.67. The van der Waals surface area contributed by atoms with Gasteiger partial charge in [0.25, 0.3) is 11.8 Å². The summed E-state index contributed by atoms with van der Waals surface area (Å²) in [4.78, 5) is 25.7. The molecule has 0 aliphatic carbocycles. The van der Waals surface area contributed by atoms with Gasteiger partial charge in [-0.05, 0) is 38.1 Å². The molecule has 0 radical (unpaired) electrons. The number of benzene rings is 2. The number of carbonyl (C=O) groups excluding carboxylic acids is 2. The molecule has 138 valence electrons. The standard InChI is InChI=1S/C20H24FN3O2/c1-14(2)22-18(25)13-24(3)19(15-7-5-4-6-8-15)20(26)23-17-11-9-16(21)10-12-17/h4-12,14,19H,13H2,1-3H3,(H,22,25)(H,23,26)/p+1/t19-/m0/s1. The van der Waals surface area contributed by atoms with E-state index in [4.69, 9.17) is 0 Å². The molecule has 2 aromatic carbocycles. The zero-order valence-electron chi connectivity index (χ0n) is 15.3. The second-order valence-corrected chi connectivity index (χ2v) is 6.59. The van der Waals surface area contributed by atoms with Crippen LogP contribution in [-0.2, 0) is 9.59 Å². The molecule has 2 aromatic rings. The maximum atomic E-state index is 13.1. The van der Waals surface area contributed by atoms with Crippen LogP contribution in [0.4, 0.5) is 10.1 Å². The van der Waals surface area contributed by atoms with E-state index < -0.39 is 6.04 Å². The molecule has 0 heterocycles. The second kappa shape index (κ2) is 9.10. The maximum absolute atomic E-state index is 13.1. The summed E-state index contributed by atoms with van der Waals surface area (Å²) in [5.41, 5.74) is 1.32. The van der Waals surface area contributed by atoms with Crippen molar-refractivity contribution in [2.24, 2.45) is 0 Å². The molecule has 0 aromatic heterocycles. The summed E-state index contributed by atoms with van der Waals surface area (Å²) in [5, 5.41) is 5.65. The fraction of sp³-hybridized carbons (Fsp3) is 0.300. The first-order valence-corrected chi connectivity index (χ1v) is 8.60.